The van der Waals surface area contributed by atoms with Crippen molar-refractivity contribution in [1.82, 2.24) is 5.32 Å². The smallest absolute Gasteiger partial charge is 0.0107 e. The number of rotatable bonds is 7. The van der Waals surface area contributed by atoms with Gasteiger partial charge in [-0.25, -0.2) is 0 Å². The van der Waals surface area contributed by atoms with Crippen LogP contribution in [0.4, 0.5) is 0 Å². The highest BCUT2D eigenvalue weighted by atomic mass is 14.9. The molecule has 0 spiro atoms. The van der Waals surface area contributed by atoms with Crippen molar-refractivity contribution in [2.45, 2.75) is 45.6 Å². The molecule has 1 aromatic rings. The summed E-state index contributed by atoms with van der Waals surface area (Å²) >= 11 is 0. The summed E-state index contributed by atoms with van der Waals surface area (Å²) in [5.74, 6) is 0. The Morgan fingerprint density at radius 1 is 1.13 bits per heavy atom. The lowest BCUT2D eigenvalue weighted by Crippen LogP contribution is -2.30. The zero-order chi connectivity index (χ0) is 10.9. The van der Waals surface area contributed by atoms with E-state index in [2.05, 4.69) is 49.5 Å². The van der Waals surface area contributed by atoms with Crippen molar-refractivity contribution in [3.05, 3.63) is 35.9 Å². The van der Waals surface area contributed by atoms with E-state index in [1.165, 1.54) is 24.8 Å². The Kier molecular flexibility index (Phi) is 6.10. The molecule has 84 valence electrons. The Morgan fingerprint density at radius 2 is 1.87 bits per heavy atom. The van der Waals surface area contributed by atoms with E-state index in [0.717, 1.165) is 13.0 Å². The van der Waals surface area contributed by atoms with E-state index < -0.39 is 0 Å². The molecule has 0 saturated carbocycles. The van der Waals surface area contributed by atoms with E-state index in [1.54, 1.807) is 0 Å². The van der Waals surface area contributed by atoms with Crippen LogP contribution in [0.3, 0.4) is 0 Å². The Bertz CT molecular complexity index is 243. The lowest BCUT2D eigenvalue weighted by atomic mass is 10.0. The topological polar surface area (TPSA) is 12.0 Å². The van der Waals surface area contributed by atoms with E-state index in [4.69, 9.17) is 0 Å². The average Bonchev–Trinajstić information content (AvgIpc) is 2.28. The highest BCUT2D eigenvalue weighted by Crippen LogP contribution is 2.08. The third kappa shape index (κ3) is 4.98. The van der Waals surface area contributed by atoms with E-state index in [1.807, 2.05) is 0 Å². The van der Waals surface area contributed by atoms with Crippen LogP contribution in [0.25, 0.3) is 0 Å². The van der Waals surface area contributed by atoms with Gasteiger partial charge in [-0.15, -0.1) is 0 Å². The monoisotopic (exact) mass is 205 g/mol. The van der Waals surface area contributed by atoms with E-state index in [0.29, 0.717) is 6.04 Å². The first-order valence-corrected chi connectivity index (χ1v) is 6.14. The largest absolute Gasteiger partial charge is 0.314 e. The number of unbranched alkanes of at least 4 members (excludes halogenated alkanes) is 1. The predicted octanol–water partition coefficient (Wildman–Crippen LogP) is 3.40. The summed E-state index contributed by atoms with van der Waals surface area (Å²) in [7, 11) is 0. The summed E-state index contributed by atoms with van der Waals surface area (Å²) in [5.41, 5.74) is 1.44. The van der Waals surface area contributed by atoms with Gasteiger partial charge in [0.25, 0.3) is 0 Å². The van der Waals surface area contributed by atoms with Crippen LogP contribution >= 0.6 is 0 Å². The third-order valence-corrected chi connectivity index (χ3v) is 2.72. The van der Waals surface area contributed by atoms with Gasteiger partial charge in [0.15, 0.2) is 0 Å². The van der Waals surface area contributed by atoms with Gasteiger partial charge >= 0.3 is 0 Å². The van der Waals surface area contributed by atoms with Crippen LogP contribution in [0.1, 0.15) is 38.7 Å². The molecule has 0 aliphatic heterocycles. The van der Waals surface area contributed by atoms with Crippen molar-refractivity contribution in [2.24, 2.45) is 0 Å². The maximum atomic E-state index is 3.57. The highest BCUT2D eigenvalue weighted by molar-refractivity contribution is 5.15. The van der Waals surface area contributed by atoms with Crippen LogP contribution in [0, 0.1) is 0 Å². The molecular weight excluding hydrogens is 182 g/mol. The molecule has 1 rings (SSSR count). The molecule has 0 amide bonds. The van der Waals surface area contributed by atoms with Gasteiger partial charge in [0.1, 0.15) is 0 Å². The Labute approximate surface area is 93.9 Å². The molecule has 1 N–H and O–H groups in total. The third-order valence-electron chi connectivity index (χ3n) is 2.72. The van der Waals surface area contributed by atoms with Gasteiger partial charge in [0.05, 0.1) is 0 Å². The van der Waals surface area contributed by atoms with Crippen LogP contribution in [0.2, 0.25) is 0 Å². The zero-order valence-electron chi connectivity index (χ0n) is 10.00. The molecule has 0 aromatic heterocycles. The van der Waals surface area contributed by atoms with Gasteiger partial charge < -0.3 is 5.32 Å². The van der Waals surface area contributed by atoms with Crippen LogP contribution < -0.4 is 5.32 Å². The average molecular weight is 205 g/mol. The van der Waals surface area contributed by atoms with Crippen molar-refractivity contribution in [3.63, 3.8) is 0 Å². The number of benzene rings is 1. The molecule has 1 unspecified atom stereocenters. The van der Waals surface area contributed by atoms with E-state index in [9.17, 15) is 0 Å². The number of nitrogens with one attached hydrogen (secondary N) is 1. The van der Waals surface area contributed by atoms with E-state index >= 15 is 0 Å². The fourth-order valence-corrected chi connectivity index (χ4v) is 1.91. The van der Waals surface area contributed by atoms with Crippen molar-refractivity contribution < 1.29 is 0 Å². The van der Waals surface area contributed by atoms with Crippen LogP contribution in [0.5, 0.6) is 0 Å². The molecule has 0 fully saturated rings. The summed E-state index contributed by atoms with van der Waals surface area (Å²) in [4.78, 5) is 0. The second-order valence-electron chi connectivity index (χ2n) is 4.09. The molecular formula is C14H23N. The molecule has 15 heavy (non-hydrogen) atoms. The van der Waals surface area contributed by atoms with Crippen molar-refractivity contribution in [3.8, 4) is 0 Å². The molecule has 0 aliphatic rings. The first-order chi connectivity index (χ1) is 7.36. The summed E-state index contributed by atoms with van der Waals surface area (Å²) in [6, 6.07) is 11.4. The first-order valence-electron chi connectivity index (χ1n) is 6.14. The summed E-state index contributed by atoms with van der Waals surface area (Å²) in [5, 5.41) is 3.57. The van der Waals surface area contributed by atoms with Crippen LogP contribution in [-0.2, 0) is 6.42 Å². The summed E-state index contributed by atoms with van der Waals surface area (Å²) < 4.78 is 0. The van der Waals surface area contributed by atoms with Crippen LogP contribution in [0.15, 0.2) is 30.3 Å². The highest BCUT2D eigenvalue weighted by Gasteiger charge is 2.06. The number of hydrogen-bond donors (Lipinski definition) is 1. The van der Waals surface area contributed by atoms with Crippen molar-refractivity contribution >= 4 is 0 Å². The predicted molar refractivity (Wildman–Crippen MR) is 67.1 cm³/mol. The lowest BCUT2D eigenvalue weighted by molar-refractivity contribution is 0.473. The summed E-state index contributed by atoms with van der Waals surface area (Å²) in [6.07, 6.45) is 5.06. The molecule has 1 aromatic carbocycles. The minimum Gasteiger partial charge on any atom is -0.314 e. The standard InChI is InChI=1S/C14H23N/c1-3-5-11-14(15-4-2)12-13-9-7-6-8-10-13/h6-10,14-15H,3-5,11-12H2,1-2H3. The summed E-state index contributed by atoms with van der Waals surface area (Å²) in [6.45, 7) is 5.51. The molecule has 0 aliphatic carbocycles. The number of hydrogen-bond acceptors (Lipinski definition) is 1. The molecule has 0 heterocycles. The van der Waals surface area contributed by atoms with Gasteiger partial charge in [0, 0.05) is 6.04 Å². The fourth-order valence-electron chi connectivity index (χ4n) is 1.91. The van der Waals surface area contributed by atoms with E-state index in [-0.39, 0.29) is 0 Å². The fraction of sp³-hybridized carbons (Fsp3) is 0.571. The maximum Gasteiger partial charge on any atom is 0.0107 e. The van der Waals surface area contributed by atoms with Crippen molar-refractivity contribution in [1.29, 1.82) is 0 Å². The Morgan fingerprint density at radius 3 is 2.47 bits per heavy atom. The van der Waals surface area contributed by atoms with Crippen LogP contribution in [-0.4, -0.2) is 12.6 Å². The number of likely N-dealkylation sites (N-methyl/N-ethyl adjacent to an activating group) is 1. The zero-order valence-corrected chi connectivity index (χ0v) is 10.00. The molecule has 0 radical (unpaired) electrons. The normalized spacial score (nSPS) is 12.7. The van der Waals surface area contributed by atoms with Gasteiger partial charge in [-0.3, -0.25) is 0 Å². The quantitative estimate of drug-likeness (QED) is 0.719. The van der Waals surface area contributed by atoms with Crippen molar-refractivity contribution in [2.75, 3.05) is 6.54 Å². The Balaban J connectivity index is 2.43. The minimum atomic E-state index is 0.650. The van der Waals surface area contributed by atoms with Gasteiger partial charge in [0.2, 0.25) is 0 Å². The van der Waals surface area contributed by atoms with Gasteiger partial charge in [-0.2, -0.15) is 0 Å². The minimum absolute atomic E-state index is 0.650. The molecule has 0 bridgehead atoms. The van der Waals surface area contributed by atoms with Gasteiger partial charge in [-0.1, -0.05) is 57.0 Å². The maximum absolute atomic E-state index is 3.57. The molecule has 1 heteroatoms. The lowest BCUT2D eigenvalue weighted by Gasteiger charge is -2.17. The SMILES string of the molecule is CCCCC(Cc1ccccc1)NCC. The molecule has 1 nitrogen and oxygen atoms in total. The first kappa shape index (κ1) is 12.3. The second kappa shape index (κ2) is 7.47. The van der Waals surface area contributed by atoms with Gasteiger partial charge in [-0.05, 0) is 24.9 Å². The Hall–Kier alpha value is -0.820. The molecule has 0 saturated heterocycles. The second-order valence-corrected chi connectivity index (χ2v) is 4.09. The molecule has 1 atom stereocenters.